The summed E-state index contributed by atoms with van der Waals surface area (Å²) in [5.41, 5.74) is 0. The van der Waals surface area contributed by atoms with Crippen LogP contribution in [0.4, 0.5) is 0 Å². The highest BCUT2D eigenvalue weighted by Gasteiger charge is 2.13. The van der Waals surface area contributed by atoms with Crippen LogP contribution in [0.25, 0.3) is 0 Å². The molecule has 0 saturated heterocycles. The Labute approximate surface area is 66.5 Å². The number of ether oxygens (including phenoxy) is 1. The molecule has 0 aromatic rings. The number of hydrogen-bond donors (Lipinski definition) is 2. The molecule has 0 spiro atoms. The molecule has 1 atom stereocenters. The van der Waals surface area contributed by atoms with Crippen molar-refractivity contribution in [1.82, 2.24) is 5.32 Å². The van der Waals surface area contributed by atoms with Crippen molar-refractivity contribution in [2.45, 2.75) is 19.4 Å². The van der Waals surface area contributed by atoms with Gasteiger partial charge in [0.05, 0.1) is 6.61 Å². The van der Waals surface area contributed by atoms with Crippen molar-refractivity contribution in [3.05, 3.63) is 0 Å². The summed E-state index contributed by atoms with van der Waals surface area (Å²) in [6, 6.07) is -0.582. The molecule has 0 radical (unpaired) electrons. The molecule has 0 aliphatic rings. The van der Waals surface area contributed by atoms with Gasteiger partial charge >= 0.3 is 5.97 Å². The monoisotopic (exact) mass is 161 g/mol. The van der Waals surface area contributed by atoms with Crippen LogP contribution in [-0.2, 0) is 9.53 Å². The number of rotatable bonds is 6. The topological polar surface area (TPSA) is 58.6 Å². The lowest BCUT2D eigenvalue weighted by Gasteiger charge is -2.10. The first-order valence-corrected chi connectivity index (χ1v) is 3.70. The van der Waals surface area contributed by atoms with Gasteiger partial charge < -0.3 is 15.2 Å². The minimum Gasteiger partial charge on any atom is -0.480 e. The smallest absolute Gasteiger partial charge is 0.323 e. The zero-order valence-electron chi connectivity index (χ0n) is 6.96. The van der Waals surface area contributed by atoms with E-state index in [1.807, 2.05) is 6.92 Å². The third-order valence-corrected chi connectivity index (χ3v) is 1.28. The van der Waals surface area contributed by atoms with Crippen molar-refractivity contribution in [2.75, 3.05) is 20.3 Å². The van der Waals surface area contributed by atoms with Gasteiger partial charge in [-0.2, -0.15) is 0 Å². The summed E-state index contributed by atoms with van der Waals surface area (Å²) < 4.78 is 5.05. The number of nitrogens with one attached hydrogen (secondary N) is 1. The Bertz CT molecular complexity index is 116. The third-order valence-electron chi connectivity index (χ3n) is 1.28. The molecule has 0 aliphatic heterocycles. The summed E-state index contributed by atoms with van der Waals surface area (Å²) in [6.45, 7) is 2.83. The largest absolute Gasteiger partial charge is 0.480 e. The van der Waals surface area contributed by atoms with Gasteiger partial charge in [0.2, 0.25) is 0 Å². The fourth-order valence-electron chi connectivity index (χ4n) is 0.624. The third kappa shape index (κ3) is 4.75. The van der Waals surface area contributed by atoms with Crippen LogP contribution in [-0.4, -0.2) is 37.4 Å². The Balaban J connectivity index is 3.44. The molecule has 0 unspecified atom stereocenters. The maximum absolute atomic E-state index is 10.4. The van der Waals surface area contributed by atoms with E-state index < -0.39 is 12.0 Å². The molecule has 0 aliphatic carbocycles. The van der Waals surface area contributed by atoms with Crippen LogP contribution in [0.5, 0.6) is 0 Å². The highest BCUT2D eigenvalue weighted by molar-refractivity contribution is 5.73. The molecule has 0 aromatic carbocycles. The fraction of sp³-hybridized carbons (Fsp3) is 0.857. The van der Waals surface area contributed by atoms with Crippen molar-refractivity contribution in [2.24, 2.45) is 0 Å². The van der Waals surface area contributed by atoms with Crippen molar-refractivity contribution in [3.8, 4) is 0 Å². The molecule has 0 amide bonds. The minimum absolute atomic E-state index is 0.236. The van der Waals surface area contributed by atoms with Gasteiger partial charge in [0.25, 0.3) is 0 Å². The van der Waals surface area contributed by atoms with E-state index in [-0.39, 0.29) is 6.61 Å². The Morgan fingerprint density at radius 1 is 1.73 bits per heavy atom. The van der Waals surface area contributed by atoms with E-state index in [0.717, 1.165) is 6.42 Å². The van der Waals surface area contributed by atoms with Crippen LogP contribution in [0.2, 0.25) is 0 Å². The maximum Gasteiger partial charge on any atom is 0.323 e. The molecule has 0 saturated carbocycles. The van der Waals surface area contributed by atoms with E-state index in [1.54, 1.807) is 7.05 Å². The van der Waals surface area contributed by atoms with Crippen molar-refractivity contribution < 1.29 is 14.6 Å². The normalized spacial score (nSPS) is 12.9. The van der Waals surface area contributed by atoms with E-state index >= 15 is 0 Å². The summed E-state index contributed by atoms with van der Waals surface area (Å²) in [7, 11) is 1.61. The highest BCUT2D eigenvalue weighted by Crippen LogP contribution is 1.86. The summed E-state index contributed by atoms with van der Waals surface area (Å²) >= 11 is 0. The molecular formula is C7H15NO3. The van der Waals surface area contributed by atoms with Crippen LogP contribution < -0.4 is 5.32 Å². The first-order valence-electron chi connectivity index (χ1n) is 3.70. The van der Waals surface area contributed by atoms with Crippen LogP contribution in [0, 0.1) is 0 Å². The van der Waals surface area contributed by atoms with Gasteiger partial charge in [-0.1, -0.05) is 6.92 Å². The van der Waals surface area contributed by atoms with E-state index in [4.69, 9.17) is 9.84 Å². The second-order valence-electron chi connectivity index (χ2n) is 2.25. The van der Waals surface area contributed by atoms with Crippen LogP contribution in [0.1, 0.15) is 13.3 Å². The molecule has 0 heterocycles. The second kappa shape index (κ2) is 6.12. The molecule has 4 heteroatoms. The molecule has 66 valence electrons. The van der Waals surface area contributed by atoms with Crippen molar-refractivity contribution in [3.63, 3.8) is 0 Å². The Kier molecular flexibility index (Phi) is 5.78. The lowest BCUT2D eigenvalue weighted by atomic mass is 10.3. The predicted molar refractivity (Wildman–Crippen MR) is 41.6 cm³/mol. The summed E-state index contributed by atoms with van der Waals surface area (Å²) in [4.78, 5) is 10.4. The average Bonchev–Trinajstić information content (AvgIpc) is 1.97. The predicted octanol–water partition coefficient (Wildman–Crippen LogP) is 0.0856. The molecule has 0 bridgehead atoms. The number of carboxylic acid groups (broad SMARTS) is 1. The van der Waals surface area contributed by atoms with Crippen LogP contribution in [0.15, 0.2) is 0 Å². The van der Waals surface area contributed by atoms with Gasteiger partial charge in [0, 0.05) is 6.61 Å². The fourth-order valence-corrected chi connectivity index (χ4v) is 0.624. The van der Waals surface area contributed by atoms with Gasteiger partial charge in [0.15, 0.2) is 0 Å². The number of carbonyl (C=O) groups is 1. The van der Waals surface area contributed by atoms with E-state index in [0.29, 0.717) is 6.61 Å². The van der Waals surface area contributed by atoms with Crippen LogP contribution in [0.3, 0.4) is 0 Å². The quantitative estimate of drug-likeness (QED) is 0.542. The second-order valence-corrected chi connectivity index (χ2v) is 2.25. The molecule has 0 rings (SSSR count). The van der Waals surface area contributed by atoms with Gasteiger partial charge in [-0.05, 0) is 13.5 Å². The van der Waals surface area contributed by atoms with Crippen molar-refractivity contribution >= 4 is 5.97 Å². The summed E-state index contributed by atoms with van der Waals surface area (Å²) in [5.74, 6) is -0.872. The molecule has 4 nitrogen and oxygen atoms in total. The molecule has 2 N–H and O–H groups in total. The zero-order valence-corrected chi connectivity index (χ0v) is 6.96. The Morgan fingerprint density at radius 2 is 2.36 bits per heavy atom. The first-order chi connectivity index (χ1) is 5.22. The SMILES string of the molecule is CCCOC[C@@H](NC)C(=O)O. The maximum atomic E-state index is 10.4. The number of carboxylic acids is 1. The van der Waals surface area contributed by atoms with E-state index in [2.05, 4.69) is 5.32 Å². The van der Waals surface area contributed by atoms with Gasteiger partial charge in [-0.15, -0.1) is 0 Å². The van der Waals surface area contributed by atoms with Crippen LogP contribution >= 0.6 is 0 Å². The van der Waals surface area contributed by atoms with Gasteiger partial charge in [-0.3, -0.25) is 4.79 Å². The lowest BCUT2D eigenvalue weighted by Crippen LogP contribution is -2.38. The molecular weight excluding hydrogens is 146 g/mol. The molecule has 0 aromatic heterocycles. The Morgan fingerprint density at radius 3 is 2.73 bits per heavy atom. The molecule has 11 heavy (non-hydrogen) atoms. The average molecular weight is 161 g/mol. The summed E-state index contributed by atoms with van der Waals surface area (Å²) in [5, 5.41) is 11.2. The first kappa shape index (κ1) is 10.4. The number of likely N-dealkylation sites (N-methyl/N-ethyl adjacent to an activating group) is 1. The zero-order chi connectivity index (χ0) is 8.69. The number of aliphatic carboxylic acids is 1. The Hall–Kier alpha value is -0.610. The van der Waals surface area contributed by atoms with Crippen molar-refractivity contribution in [1.29, 1.82) is 0 Å². The lowest BCUT2D eigenvalue weighted by molar-refractivity contribution is -0.140. The minimum atomic E-state index is -0.872. The summed E-state index contributed by atoms with van der Waals surface area (Å²) in [6.07, 6.45) is 0.913. The van der Waals surface area contributed by atoms with E-state index in [9.17, 15) is 4.79 Å². The van der Waals surface area contributed by atoms with Gasteiger partial charge in [-0.25, -0.2) is 0 Å². The molecule has 0 fully saturated rings. The standard InChI is InChI=1S/C7H15NO3/c1-3-4-11-5-6(8-2)7(9)10/h6,8H,3-5H2,1-2H3,(H,9,10)/t6-/m1/s1. The highest BCUT2D eigenvalue weighted by atomic mass is 16.5. The number of hydrogen-bond acceptors (Lipinski definition) is 3. The van der Waals surface area contributed by atoms with Gasteiger partial charge in [0.1, 0.15) is 6.04 Å². The van der Waals surface area contributed by atoms with E-state index in [1.165, 1.54) is 0 Å².